The summed E-state index contributed by atoms with van der Waals surface area (Å²) in [5.41, 5.74) is 0.482. The van der Waals surface area contributed by atoms with Gasteiger partial charge in [-0.3, -0.25) is 0 Å². The Labute approximate surface area is 146 Å². The van der Waals surface area contributed by atoms with Gasteiger partial charge in [-0.15, -0.1) is 0 Å². The molecular formula is C18H16ClNO3S. The molecule has 1 aliphatic carbocycles. The molecule has 0 radical (unpaired) electrons. The normalized spacial score (nSPS) is 25.9. The van der Waals surface area contributed by atoms with Gasteiger partial charge in [0.05, 0.1) is 22.8 Å². The van der Waals surface area contributed by atoms with Crippen LogP contribution in [0.15, 0.2) is 53.4 Å². The molecule has 4 nitrogen and oxygen atoms in total. The summed E-state index contributed by atoms with van der Waals surface area (Å²) >= 11 is 5.82. The largest absolute Gasteiger partial charge is 0.395 e. The number of rotatable bonds is 4. The first-order valence-electron chi connectivity index (χ1n) is 7.45. The topological polar surface area (TPSA) is 78.2 Å². The molecule has 0 heterocycles. The van der Waals surface area contributed by atoms with Crippen LogP contribution >= 0.6 is 11.6 Å². The molecular weight excluding hydrogens is 346 g/mol. The number of nitriles is 1. The maximum absolute atomic E-state index is 13.0. The van der Waals surface area contributed by atoms with Gasteiger partial charge < -0.3 is 5.11 Å². The molecule has 0 saturated heterocycles. The third-order valence-electron chi connectivity index (χ3n) is 4.64. The molecule has 124 valence electrons. The number of aliphatic hydroxyl groups is 1. The molecule has 6 heteroatoms. The molecule has 0 unspecified atom stereocenters. The Morgan fingerprint density at radius 1 is 1.17 bits per heavy atom. The maximum Gasteiger partial charge on any atom is 0.183 e. The van der Waals surface area contributed by atoms with Crippen LogP contribution in [0.1, 0.15) is 17.0 Å². The SMILES string of the molecule is Cc1ccc([C@@H]2[C@@H](S(=O)(=O)c3ccc(Cl)cc3)[C@@]2(C#N)CO)cc1. The van der Waals surface area contributed by atoms with Gasteiger partial charge in [0.25, 0.3) is 0 Å². The van der Waals surface area contributed by atoms with Crippen molar-refractivity contribution in [1.82, 2.24) is 0 Å². The van der Waals surface area contributed by atoms with Crippen LogP contribution in [0.5, 0.6) is 0 Å². The molecule has 1 fully saturated rings. The average Bonchev–Trinajstić information content (AvgIpc) is 3.26. The molecule has 0 spiro atoms. The highest BCUT2D eigenvalue weighted by Crippen LogP contribution is 2.63. The lowest BCUT2D eigenvalue weighted by Crippen LogP contribution is -2.18. The van der Waals surface area contributed by atoms with E-state index in [1.807, 2.05) is 37.3 Å². The van der Waals surface area contributed by atoms with E-state index in [9.17, 15) is 18.8 Å². The predicted octanol–water partition coefficient (Wildman–Crippen LogP) is 3.09. The fourth-order valence-corrected chi connectivity index (χ4v) is 5.68. The van der Waals surface area contributed by atoms with Gasteiger partial charge in [0, 0.05) is 10.9 Å². The summed E-state index contributed by atoms with van der Waals surface area (Å²) < 4.78 is 26.0. The molecule has 3 atom stereocenters. The van der Waals surface area contributed by atoms with Crippen molar-refractivity contribution in [3.05, 3.63) is 64.7 Å². The Hall–Kier alpha value is -1.87. The molecule has 3 rings (SSSR count). The van der Waals surface area contributed by atoms with E-state index in [0.29, 0.717) is 5.02 Å². The van der Waals surface area contributed by atoms with E-state index in [-0.39, 0.29) is 4.90 Å². The van der Waals surface area contributed by atoms with Gasteiger partial charge in [-0.25, -0.2) is 8.42 Å². The van der Waals surface area contributed by atoms with E-state index in [4.69, 9.17) is 11.6 Å². The molecule has 0 aliphatic heterocycles. The van der Waals surface area contributed by atoms with E-state index in [0.717, 1.165) is 11.1 Å². The number of nitrogens with zero attached hydrogens (tertiary/aromatic N) is 1. The van der Waals surface area contributed by atoms with E-state index in [1.54, 1.807) is 0 Å². The number of halogens is 1. The number of benzene rings is 2. The van der Waals surface area contributed by atoms with Crippen molar-refractivity contribution in [3.8, 4) is 6.07 Å². The number of sulfone groups is 1. The monoisotopic (exact) mass is 361 g/mol. The van der Waals surface area contributed by atoms with Crippen molar-refractivity contribution in [2.45, 2.75) is 23.0 Å². The lowest BCUT2D eigenvalue weighted by molar-refractivity contribution is 0.242. The molecule has 0 bridgehead atoms. The van der Waals surface area contributed by atoms with Gasteiger partial charge >= 0.3 is 0 Å². The number of hydrogen-bond donors (Lipinski definition) is 1. The highest BCUT2D eigenvalue weighted by molar-refractivity contribution is 7.92. The fraction of sp³-hybridized carbons (Fsp3) is 0.278. The number of aliphatic hydroxyl groups excluding tert-OH is 1. The molecule has 24 heavy (non-hydrogen) atoms. The Kier molecular flexibility index (Phi) is 4.16. The smallest absolute Gasteiger partial charge is 0.183 e. The quantitative estimate of drug-likeness (QED) is 0.907. The van der Waals surface area contributed by atoms with Crippen LogP contribution in [0, 0.1) is 23.7 Å². The van der Waals surface area contributed by atoms with Crippen LogP contribution in [-0.4, -0.2) is 25.4 Å². The molecule has 2 aromatic rings. The van der Waals surface area contributed by atoms with Gasteiger partial charge in [-0.2, -0.15) is 5.26 Å². The zero-order valence-corrected chi connectivity index (χ0v) is 14.6. The van der Waals surface area contributed by atoms with Gasteiger partial charge in [0.15, 0.2) is 9.84 Å². The Morgan fingerprint density at radius 2 is 1.75 bits per heavy atom. The third-order valence-corrected chi connectivity index (χ3v) is 7.18. The summed E-state index contributed by atoms with van der Waals surface area (Å²) in [5.74, 6) is -0.547. The van der Waals surface area contributed by atoms with E-state index < -0.39 is 33.0 Å². The van der Waals surface area contributed by atoms with Crippen molar-refractivity contribution in [2.24, 2.45) is 5.41 Å². The Morgan fingerprint density at radius 3 is 2.25 bits per heavy atom. The zero-order valence-electron chi connectivity index (χ0n) is 13.0. The van der Waals surface area contributed by atoms with Crippen LogP contribution in [0.4, 0.5) is 0 Å². The lowest BCUT2D eigenvalue weighted by atomic mass is 10.0. The molecule has 0 aromatic heterocycles. The van der Waals surface area contributed by atoms with Crippen molar-refractivity contribution in [2.75, 3.05) is 6.61 Å². The van der Waals surface area contributed by atoms with Gasteiger partial charge in [-0.1, -0.05) is 41.4 Å². The van der Waals surface area contributed by atoms with Crippen LogP contribution in [-0.2, 0) is 9.84 Å². The first kappa shape index (κ1) is 17.0. The molecule has 0 amide bonds. The highest BCUT2D eigenvalue weighted by atomic mass is 35.5. The maximum atomic E-state index is 13.0. The molecule has 2 aromatic carbocycles. The molecule has 1 aliphatic rings. The Balaban J connectivity index is 2.06. The Bertz CT molecular complexity index is 901. The molecule has 1 saturated carbocycles. The summed E-state index contributed by atoms with van der Waals surface area (Å²) in [6.07, 6.45) is 0. The standard InChI is InChI=1S/C18H16ClNO3S/c1-12-2-4-13(5-3-12)16-17(18(16,10-20)11-21)24(22,23)15-8-6-14(19)7-9-15/h2-9,16-17,21H,11H2,1H3/t16-,17-,18+/m1/s1. The second-order valence-corrected chi connectivity index (χ2v) is 8.62. The van der Waals surface area contributed by atoms with Crippen LogP contribution in [0.3, 0.4) is 0 Å². The van der Waals surface area contributed by atoms with Crippen LogP contribution in [0.2, 0.25) is 5.02 Å². The van der Waals surface area contributed by atoms with E-state index >= 15 is 0 Å². The summed E-state index contributed by atoms with van der Waals surface area (Å²) in [5, 5.41) is 18.8. The highest BCUT2D eigenvalue weighted by Gasteiger charge is 2.72. The van der Waals surface area contributed by atoms with Crippen LogP contribution < -0.4 is 0 Å². The first-order valence-corrected chi connectivity index (χ1v) is 9.37. The number of hydrogen-bond acceptors (Lipinski definition) is 4. The van der Waals surface area contributed by atoms with Crippen molar-refractivity contribution < 1.29 is 13.5 Å². The summed E-state index contributed by atoms with van der Waals surface area (Å²) in [4.78, 5) is 0.111. The number of aryl methyl sites for hydroxylation is 1. The minimum Gasteiger partial charge on any atom is -0.395 e. The van der Waals surface area contributed by atoms with E-state index in [1.165, 1.54) is 24.3 Å². The second-order valence-electron chi connectivity index (χ2n) is 6.12. The van der Waals surface area contributed by atoms with Gasteiger partial charge in [0.1, 0.15) is 5.41 Å². The fourth-order valence-electron chi connectivity index (χ4n) is 3.23. The van der Waals surface area contributed by atoms with Crippen molar-refractivity contribution in [1.29, 1.82) is 5.26 Å². The first-order chi connectivity index (χ1) is 11.4. The minimum absolute atomic E-state index is 0.111. The van der Waals surface area contributed by atoms with Gasteiger partial charge in [0.2, 0.25) is 0 Å². The van der Waals surface area contributed by atoms with Crippen molar-refractivity contribution >= 4 is 21.4 Å². The third kappa shape index (κ3) is 2.51. The average molecular weight is 362 g/mol. The van der Waals surface area contributed by atoms with Crippen molar-refractivity contribution in [3.63, 3.8) is 0 Å². The minimum atomic E-state index is -3.76. The van der Waals surface area contributed by atoms with E-state index in [2.05, 4.69) is 0 Å². The lowest BCUT2D eigenvalue weighted by Gasteiger charge is -2.06. The van der Waals surface area contributed by atoms with Crippen LogP contribution in [0.25, 0.3) is 0 Å². The zero-order chi connectivity index (χ0) is 17.5. The summed E-state index contributed by atoms with van der Waals surface area (Å²) in [6.45, 7) is 1.43. The second kappa shape index (κ2) is 5.89. The summed E-state index contributed by atoms with van der Waals surface area (Å²) in [7, 11) is -3.76. The predicted molar refractivity (Wildman–Crippen MR) is 91.5 cm³/mol. The molecule has 1 N–H and O–H groups in total. The summed E-state index contributed by atoms with van der Waals surface area (Å²) in [6, 6.07) is 15.3. The van der Waals surface area contributed by atoms with Gasteiger partial charge in [-0.05, 0) is 36.8 Å².